The molecule has 3 aromatic rings. The zero-order valence-corrected chi connectivity index (χ0v) is 19.0. The summed E-state index contributed by atoms with van der Waals surface area (Å²) < 4.78 is 32.0. The van der Waals surface area contributed by atoms with Gasteiger partial charge in [-0.2, -0.15) is 0 Å². The fourth-order valence-corrected chi connectivity index (χ4v) is 5.42. The van der Waals surface area contributed by atoms with Gasteiger partial charge >= 0.3 is 5.69 Å². The second-order valence-corrected chi connectivity index (χ2v) is 10.5. The predicted molar refractivity (Wildman–Crippen MR) is 115 cm³/mol. The zero-order chi connectivity index (χ0) is 20.9. The average Bonchev–Trinajstić information content (AvgIpc) is 2.83. The maximum absolute atomic E-state index is 13.0. The van der Waals surface area contributed by atoms with Gasteiger partial charge < -0.3 is 0 Å². The molecule has 0 aliphatic carbocycles. The number of hydrogen-bond acceptors (Lipinski definition) is 3. The van der Waals surface area contributed by atoms with Crippen molar-refractivity contribution in [3.63, 3.8) is 0 Å². The van der Waals surface area contributed by atoms with Gasteiger partial charge in [-0.25, -0.2) is 17.9 Å². The number of rotatable bonds is 4. The fraction of sp³-hybridized carbons (Fsp3) is 0.350. The Hall–Kier alpha value is -1.90. The summed E-state index contributed by atoms with van der Waals surface area (Å²) in [6.45, 7) is 6.48. The van der Waals surface area contributed by atoms with E-state index in [9.17, 15) is 13.2 Å². The molecule has 150 valence electrons. The first-order chi connectivity index (χ1) is 12.9. The van der Waals surface area contributed by atoms with Crippen LogP contribution in [0.25, 0.3) is 11.0 Å². The molecule has 3 rings (SSSR count). The third-order valence-corrected chi connectivity index (χ3v) is 7.25. The Bertz CT molecular complexity index is 1220. The highest BCUT2D eigenvalue weighted by Crippen LogP contribution is 2.29. The molecule has 0 radical (unpaired) electrons. The van der Waals surface area contributed by atoms with E-state index in [0.717, 1.165) is 11.1 Å². The van der Waals surface area contributed by atoms with Gasteiger partial charge in [-0.05, 0) is 44.6 Å². The smallest absolute Gasteiger partial charge is 0.295 e. The van der Waals surface area contributed by atoms with Crippen molar-refractivity contribution in [2.24, 2.45) is 14.1 Å². The van der Waals surface area contributed by atoms with Crippen molar-refractivity contribution in [1.82, 2.24) is 13.9 Å². The number of hydrogen-bond donors (Lipinski definition) is 1. The van der Waals surface area contributed by atoms with E-state index in [4.69, 9.17) is 0 Å². The van der Waals surface area contributed by atoms with Gasteiger partial charge in [0.2, 0.25) is 10.0 Å². The summed E-state index contributed by atoms with van der Waals surface area (Å²) >= 11 is 3.35. The molecule has 0 aliphatic heterocycles. The van der Waals surface area contributed by atoms with Crippen LogP contribution in [0, 0.1) is 0 Å². The molecule has 0 saturated carbocycles. The van der Waals surface area contributed by atoms with Crippen LogP contribution >= 0.6 is 15.9 Å². The molecular weight excluding hydrogens is 442 g/mol. The van der Waals surface area contributed by atoms with Gasteiger partial charge in [0.15, 0.2) is 0 Å². The summed E-state index contributed by atoms with van der Waals surface area (Å²) in [7, 11) is -0.498. The Morgan fingerprint density at radius 2 is 1.61 bits per heavy atom. The molecule has 0 spiro atoms. The van der Waals surface area contributed by atoms with Gasteiger partial charge in [0.25, 0.3) is 0 Å². The molecule has 8 heteroatoms. The van der Waals surface area contributed by atoms with Gasteiger partial charge in [-0.15, -0.1) is 0 Å². The van der Waals surface area contributed by atoms with Crippen molar-refractivity contribution in [2.45, 2.75) is 37.6 Å². The molecular formula is C20H24BrN3O3S. The quantitative estimate of drug-likeness (QED) is 0.641. The predicted octanol–water partition coefficient (Wildman–Crippen LogP) is 3.42. The van der Waals surface area contributed by atoms with Crippen LogP contribution in [0.4, 0.5) is 0 Å². The number of imidazole rings is 1. The van der Waals surface area contributed by atoms with Crippen molar-refractivity contribution >= 4 is 37.0 Å². The Morgan fingerprint density at radius 3 is 2.21 bits per heavy atom. The standard InChI is InChI=1S/C20H24BrN3O3S/c1-20(2,3)14-9-7-6-8-13(14)12-22-28(26,27)18-11-17-16(10-15(18)21)23(4)19(25)24(17)5/h6-11,22H,12H2,1-5H3. The number of nitrogens with zero attached hydrogens (tertiary/aromatic N) is 2. The fourth-order valence-electron chi connectivity index (χ4n) is 3.36. The lowest BCUT2D eigenvalue weighted by Crippen LogP contribution is -2.26. The van der Waals surface area contributed by atoms with Gasteiger partial charge in [0.1, 0.15) is 0 Å². The SMILES string of the molecule is Cn1c(=O)n(C)c2cc(S(=O)(=O)NCc3ccccc3C(C)(C)C)c(Br)cc21. The zero-order valence-electron chi connectivity index (χ0n) is 16.6. The molecule has 0 bridgehead atoms. The van der Waals surface area contributed by atoms with Crippen molar-refractivity contribution in [3.05, 3.63) is 62.5 Å². The summed E-state index contributed by atoms with van der Waals surface area (Å²) in [4.78, 5) is 12.3. The molecule has 0 saturated heterocycles. The maximum Gasteiger partial charge on any atom is 0.328 e. The first-order valence-corrected chi connectivity index (χ1v) is 11.1. The normalized spacial score (nSPS) is 12.6. The Balaban J connectivity index is 2.00. The molecule has 0 aliphatic rings. The van der Waals surface area contributed by atoms with E-state index in [-0.39, 0.29) is 22.5 Å². The molecule has 2 aromatic carbocycles. The second kappa shape index (κ2) is 7.17. The van der Waals surface area contributed by atoms with E-state index in [2.05, 4.69) is 41.4 Å². The third kappa shape index (κ3) is 3.68. The van der Waals surface area contributed by atoms with E-state index in [0.29, 0.717) is 15.5 Å². The average molecular weight is 466 g/mol. The van der Waals surface area contributed by atoms with Gasteiger partial charge in [-0.1, -0.05) is 45.0 Å². The Morgan fingerprint density at radius 1 is 1.04 bits per heavy atom. The van der Waals surface area contributed by atoms with Gasteiger partial charge in [0, 0.05) is 25.1 Å². The van der Waals surface area contributed by atoms with Crippen molar-refractivity contribution in [1.29, 1.82) is 0 Å². The van der Waals surface area contributed by atoms with E-state index in [1.165, 1.54) is 15.2 Å². The number of aryl methyl sites for hydroxylation is 2. The summed E-state index contributed by atoms with van der Waals surface area (Å²) in [5.41, 5.74) is 2.95. The third-order valence-electron chi connectivity index (χ3n) is 4.89. The number of halogens is 1. The Labute approximate surface area is 173 Å². The molecule has 6 nitrogen and oxygen atoms in total. The van der Waals surface area contributed by atoms with Crippen LogP contribution in [0.2, 0.25) is 0 Å². The molecule has 0 fully saturated rings. The van der Waals surface area contributed by atoms with E-state index >= 15 is 0 Å². The van der Waals surface area contributed by atoms with Crippen LogP contribution in [0.15, 0.2) is 50.6 Å². The van der Waals surface area contributed by atoms with Gasteiger partial charge in [0.05, 0.1) is 15.9 Å². The number of benzene rings is 2. The van der Waals surface area contributed by atoms with E-state index < -0.39 is 10.0 Å². The van der Waals surface area contributed by atoms with E-state index in [1.807, 2.05) is 24.3 Å². The van der Waals surface area contributed by atoms with E-state index in [1.54, 1.807) is 20.2 Å². The summed E-state index contributed by atoms with van der Waals surface area (Å²) in [6.07, 6.45) is 0. The molecule has 0 atom stereocenters. The van der Waals surface area contributed by atoms with Crippen molar-refractivity contribution in [2.75, 3.05) is 0 Å². The van der Waals surface area contributed by atoms with Crippen LogP contribution in [0.3, 0.4) is 0 Å². The van der Waals surface area contributed by atoms with Crippen LogP contribution in [0.1, 0.15) is 31.9 Å². The highest BCUT2D eigenvalue weighted by Gasteiger charge is 2.23. The largest absolute Gasteiger partial charge is 0.328 e. The number of nitrogens with one attached hydrogen (secondary N) is 1. The molecule has 0 unspecified atom stereocenters. The molecule has 28 heavy (non-hydrogen) atoms. The van der Waals surface area contributed by atoms with Gasteiger partial charge in [-0.3, -0.25) is 9.13 Å². The molecule has 1 heterocycles. The van der Waals surface area contributed by atoms with Crippen molar-refractivity contribution in [3.8, 4) is 0 Å². The molecule has 1 N–H and O–H groups in total. The maximum atomic E-state index is 13.0. The van der Waals surface area contributed by atoms with Crippen LogP contribution in [-0.2, 0) is 36.1 Å². The summed E-state index contributed by atoms with van der Waals surface area (Å²) in [6, 6.07) is 11.0. The van der Waals surface area contributed by atoms with Crippen molar-refractivity contribution < 1.29 is 8.42 Å². The summed E-state index contributed by atoms with van der Waals surface area (Å²) in [5, 5.41) is 0. The number of fused-ring (bicyclic) bond motifs is 1. The minimum Gasteiger partial charge on any atom is -0.295 e. The number of sulfonamides is 1. The lowest BCUT2D eigenvalue weighted by molar-refractivity contribution is 0.569. The second-order valence-electron chi connectivity index (χ2n) is 7.90. The topological polar surface area (TPSA) is 73.1 Å². The highest BCUT2D eigenvalue weighted by atomic mass is 79.9. The Kier molecular flexibility index (Phi) is 5.33. The lowest BCUT2D eigenvalue weighted by atomic mass is 9.84. The van der Waals surface area contributed by atoms with Crippen LogP contribution in [0.5, 0.6) is 0 Å². The van der Waals surface area contributed by atoms with Crippen LogP contribution in [-0.4, -0.2) is 17.6 Å². The number of aromatic nitrogens is 2. The van der Waals surface area contributed by atoms with Crippen LogP contribution < -0.4 is 10.4 Å². The minimum atomic E-state index is -3.78. The highest BCUT2D eigenvalue weighted by molar-refractivity contribution is 9.10. The lowest BCUT2D eigenvalue weighted by Gasteiger charge is -2.23. The minimum absolute atomic E-state index is 0.0934. The molecule has 1 aromatic heterocycles. The molecule has 0 amide bonds. The first kappa shape index (κ1) is 20.8. The first-order valence-electron chi connectivity index (χ1n) is 8.86. The monoisotopic (exact) mass is 465 g/mol. The summed E-state index contributed by atoms with van der Waals surface area (Å²) in [5.74, 6) is 0.